The smallest absolute Gasteiger partial charge is 0.119 e. The monoisotopic (exact) mass is 246 g/mol. The number of benzene rings is 1. The van der Waals surface area contributed by atoms with Gasteiger partial charge in [0.25, 0.3) is 0 Å². The van der Waals surface area contributed by atoms with Gasteiger partial charge in [-0.2, -0.15) is 0 Å². The van der Waals surface area contributed by atoms with Crippen LogP contribution in [0.1, 0.15) is 31.2 Å². The van der Waals surface area contributed by atoms with E-state index in [1.54, 1.807) is 0 Å². The molecule has 0 amide bonds. The fraction of sp³-hybridized carbons (Fsp3) is 0.533. The Morgan fingerprint density at radius 1 is 1.39 bits per heavy atom. The highest BCUT2D eigenvalue weighted by atomic mass is 16.5. The summed E-state index contributed by atoms with van der Waals surface area (Å²) in [6.45, 7) is 3.30. The molecule has 2 rings (SSSR count). The zero-order valence-corrected chi connectivity index (χ0v) is 11.1. The predicted octanol–water partition coefficient (Wildman–Crippen LogP) is 2.92. The molecule has 98 valence electrons. The molecule has 0 aliphatic heterocycles. The van der Waals surface area contributed by atoms with Crippen molar-refractivity contribution in [2.75, 3.05) is 13.2 Å². The molecule has 0 saturated heterocycles. The lowest BCUT2D eigenvalue weighted by molar-refractivity contribution is 0.328. The van der Waals surface area contributed by atoms with Crippen molar-refractivity contribution in [1.82, 2.24) is 0 Å². The molecule has 0 unspecified atom stereocenters. The molecule has 0 spiro atoms. The highest BCUT2D eigenvalue weighted by Crippen LogP contribution is 2.24. The highest BCUT2D eigenvalue weighted by molar-refractivity contribution is 5.83. The number of nitrogens with two attached hydrogens (primary N) is 1. The topological polar surface area (TPSA) is 47.6 Å². The fourth-order valence-electron chi connectivity index (χ4n) is 2.39. The average Bonchev–Trinajstić information content (AvgIpc) is 2.88. The fourth-order valence-corrected chi connectivity index (χ4v) is 2.39. The minimum atomic E-state index is 0.518. The average molecular weight is 246 g/mol. The molecule has 0 radical (unpaired) electrons. The summed E-state index contributed by atoms with van der Waals surface area (Å²) in [6, 6.07) is 8.06. The third kappa shape index (κ3) is 3.76. The second-order valence-corrected chi connectivity index (χ2v) is 4.95. The lowest BCUT2D eigenvalue weighted by Crippen LogP contribution is -2.22. The number of hydrogen-bond donors (Lipinski definition) is 1. The number of hydrogen-bond acceptors (Lipinski definition) is 2. The Balaban J connectivity index is 1.73. The number of rotatable bonds is 5. The van der Waals surface area contributed by atoms with Gasteiger partial charge >= 0.3 is 0 Å². The quantitative estimate of drug-likeness (QED) is 0.493. The summed E-state index contributed by atoms with van der Waals surface area (Å²) < 4.78 is 5.64. The maximum atomic E-state index is 5.98. The molecule has 1 aliphatic rings. The van der Waals surface area contributed by atoms with E-state index in [4.69, 9.17) is 10.5 Å². The number of nitrogens with zero attached hydrogens (tertiary/aromatic N) is 1. The van der Waals surface area contributed by atoms with E-state index in [1.807, 2.05) is 18.2 Å². The Morgan fingerprint density at radius 3 is 2.89 bits per heavy atom. The van der Waals surface area contributed by atoms with Gasteiger partial charge in [-0.05, 0) is 37.5 Å². The molecule has 1 aliphatic carbocycles. The van der Waals surface area contributed by atoms with Gasteiger partial charge in [0.15, 0.2) is 0 Å². The SMILES string of the molecule is Cc1cccc(OCCN=C(N)C2CCCC2)c1. The molecular formula is C15H22N2O. The summed E-state index contributed by atoms with van der Waals surface area (Å²) in [6.07, 6.45) is 4.99. The Hall–Kier alpha value is -1.51. The molecule has 3 heteroatoms. The molecule has 1 fully saturated rings. The van der Waals surface area contributed by atoms with Gasteiger partial charge in [0.2, 0.25) is 0 Å². The van der Waals surface area contributed by atoms with E-state index in [2.05, 4.69) is 18.0 Å². The summed E-state index contributed by atoms with van der Waals surface area (Å²) >= 11 is 0. The Bertz CT molecular complexity index is 409. The van der Waals surface area contributed by atoms with Crippen LogP contribution in [0.4, 0.5) is 0 Å². The van der Waals surface area contributed by atoms with Crippen molar-refractivity contribution in [3.05, 3.63) is 29.8 Å². The minimum absolute atomic E-state index is 0.518. The number of aliphatic imine (C=N–C) groups is 1. The van der Waals surface area contributed by atoms with Crippen LogP contribution in [0, 0.1) is 12.8 Å². The standard InChI is InChI=1S/C15H22N2O/c1-12-5-4-8-14(11-12)18-10-9-17-15(16)13-6-2-3-7-13/h4-5,8,11,13H,2-3,6-7,9-10H2,1H3,(H2,16,17). The van der Waals surface area contributed by atoms with Crippen molar-refractivity contribution >= 4 is 5.84 Å². The largest absolute Gasteiger partial charge is 0.492 e. The molecule has 0 aromatic heterocycles. The van der Waals surface area contributed by atoms with Crippen molar-refractivity contribution < 1.29 is 4.74 Å². The van der Waals surface area contributed by atoms with Crippen LogP contribution < -0.4 is 10.5 Å². The Labute approximate surface area is 109 Å². The first kappa shape index (κ1) is 12.9. The lowest BCUT2D eigenvalue weighted by Gasteiger charge is -2.09. The van der Waals surface area contributed by atoms with Crippen molar-refractivity contribution in [3.8, 4) is 5.75 Å². The summed E-state index contributed by atoms with van der Waals surface area (Å²) in [4.78, 5) is 4.41. The van der Waals surface area contributed by atoms with Gasteiger partial charge in [-0.15, -0.1) is 0 Å². The molecule has 0 heterocycles. The van der Waals surface area contributed by atoms with Gasteiger partial charge < -0.3 is 10.5 Å². The molecule has 0 atom stereocenters. The van der Waals surface area contributed by atoms with Crippen LogP contribution in [-0.4, -0.2) is 19.0 Å². The first-order valence-electron chi connectivity index (χ1n) is 6.75. The van der Waals surface area contributed by atoms with E-state index in [1.165, 1.54) is 31.2 Å². The van der Waals surface area contributed by atoms with Crippen LogP contribution in [0.15, 0.2) is 29.3 Å². The lowest BCUT2D eigenvalue weighted by atomic mass is 10.1. The minimum Gasteiger partial charge on any atom is -0.492 e. The molecule has 3 nitrogen and oxygen atoms in total. The maximum Gasteiger partial charge on any atom is 0.119 e. The van der Waals surface area contributed by atoms with E-state index in [0.29, 0.717) is 19.1 Å². The van der Waals surface area contributed by atoms with Crippen LogP contribution in [0.5, 0.6) is 5.75 Å². The van der Waals surface area contributed by atoms with Gasteiger partial charge in [-0.25, -0.2) is 0 Å². The number of aryl methyl sites for hydroxylation is 1. The van der Waals surface area contributed by atoms with Crippen molar-refractivity contribution in [2.24, 2.45) is 16.6 Å². The normalized spacial score (nSPS) is 17.1. The Kier molecular flexibility index (Phi) is 4.62. The van der Waals surface area contributed by atoms with Gasteiger partial charge in [0, 0.05) is 5.92 Å². The van der Waals surface area contributed by atoms with Crippen molar-refractivity contribution in [3.63, 3.8) is 0 Å². The number of ether oxygens (including phenoxy) is 1. The molecule has 2 N–H and O–H groups in total. The molecule has 18 heavy (non-hydrogen) atoms. The van der Waals surface area contributed by atoms with E-state index in [0.717, 1.165) is 11.6 Å². The summed E-state index contributed by atoms with van der Waals surface area (Å²) in [5.41, 5.74) is 7.19. The second kappa shape index (κ2) is 6.43. The van der Waals surface area contributed by atoms with Gasteiger partial charge in [-0.1, -0.05) is 25.0 Å². The highest BCUT2D eigenvalue weighted by Gasteiger charge is 2.17. The Morgan fingerprint density at radius 2 is 2.17 bits per heavy atom. The number of amidine groups is 1. The molecule has 1 aromatic carbocycles. The summed E-state index contributed by atoms with van der Waals surface area (Å²) in [7, 11) is 0. The molecule has 1 saturated carbocycles. The van der Waals surface area contributed by atoms with Gasteiger partial charge in [0.05, 0.1) is 12.4 Å². The summed E-state index contributed by atoms with van der Waals surface area (Å²) in [5.74, 6) is 2.24. The van der Waals surface area contributed by atoms with Crippen LogP contribution >= 0.6 is 0 Å². The first-order chi connectivity index (χ1) is 8.75. The van der Waals surface area contributed by atoms with E-state index < -0.39 is 0 Å². The van der Waals surface area contributed by atoms with Crippen molar-refractivity contribution in [1.29, 1.82) is 0 Å². The van der Waals surface area contributed by atoms with Gasteiger partial charge in [-0.3, -0.25) is 4.99 Å². The van der Waals surface area contributed by atoms with E-state index in [9.17, 15) is 0 Å². The van der Waals surface area contributed by atoms with Crippen molar-refractivity contribution in [2.45, 2.75) is 32.6 Å². The van der Waals surface area contributed by atoms with Crippen LogP contribution in [-0.2, 0) is 0 Å². The van der Waals surface area contributed by atoms with Crippen LogP contribution in [0.25, 0.3) is 0 Å². The molecule has 1 aromatic rings. The zero-order valence-electron chi connectivity index (χ0n) is 11.1. The second-order valence-electron chi connectivity index (χ2n) is 4.95. The van der Waals surface area contributed by atoms with E-state index in [-0.39, 0.29) is 0 Å². The third-order valence-electron chi connectivity index (χ3n) is 3.42. The van der Waals surface area contributed by atoms with Crippen LogP contribution in [0.3, 0.4) is 0 Å². The predicted molar refractivity (Wildman–Crippen MR) is 75.1 cm³/mol. The first-order valence-corrected chi connectivity index (χ1v) is 6.75. The van der Waals surface area contributed by atoms with Gasteiger partial charge in [0.1, 0.15) is 12.4 Å². The molecular weight excluding hydrogens is 224 g/mol. The molecule has 0 bridgehead atoms. The maximum absolute atomic E-state index is 5.98. The van der Waals surface area contributed by atoms with E-state index >= 15 is 0 Å². The zero-order chi connectivity index (χ0) is 12.8. The van der Waals surface area contributed by atoms with Crippen LogP contribution in [0.2, 0.25) is 0 Å². The third-order valence-corrected chi connectivity index (χ3v) is 3.42. The summed E-state index contributed by atoms with van der Waals surface area (Å²) in [5, 5.41) is 0.